The topological polar surface area (TPSA) is 84.0 Å². The van der Waals surface area contributed by atoms with Crippen molar-refractivity contribution in [3.63, 3.8) is 0 Å². The number of fused-ring (bicyclic) bond motifs is 1. The number of carbonyl (C=O) groups is 1. The molecule has 0 saturated heterocycles. The molecule has 3 rings (SSSR count). The van der Waals surface area contributed by atoms with Crippen LogP contribution in [0.5, 0.6) is 0 Å². The smallest absolute Gasteiger partial charge is 0.273 e. The van der Waals surface area contributed by atoms with Crippen LogP contribution < -0.4 is 16.4 Å². The van der Waals surface area contributed by atoms with Gasteiger partial charge in [0.15, 0.2) is 0 Å². The number of carbonyl (C=O) groups excluding carboxylic acids is 1. The standard InChI is InChI=1S/C21H23N3O3/c1-14(2)19(15-8-4-3-5-9-15)22-18(25)12-13-24-21(27)17-11-7-6-10-16(17)20(26)23-24/h3-11,14,19H,12-13H2,1-2H3,(H,22,25)(H,23,26). The Morgan fingerprint density at radius 1 is 1.00 bits per heavy atom. The molecular weight excluding hydrogens is 342 g/mol. The number of nitrogens with one attached hydrogen (secondary N) is 2. The quantitative estimate of drug-likeness (QED) is 0.704. The second-order valence-electron chi connectivity index (χ2n) is 6.89. The average Bonchev–Trinajstić information content (AvgIpc) is 2.68. The highest BCUT2D eigenvalue weighted by atomic mass is 16.2. The van der Waals surface area contributed by atoms with Gasteiger partial charge in [0, 0.05) is 6.42 Å². The summed E-state index contributed by atoms with van der Waals surface area (Å²) in [6.45, 7) is 4.21. The average molecular weight is 365 g/mol. The summed E-state index contributed by atoms with van der Waals surface area (Å²) < 4.78 is 1.21. The van der Waals surface area contributed by atoms with Crippen molar-refractivity contribution in [1.29, 1.82) is 0 Å². The number of hydrogen-bond donors (Lipinski definition) is 2. The van der Waals surface area contributed by atoms with Gasteiger partial charge in [0.1, 0.15) is 0 Å². The predicted octanol–water partition coefficient (Wildman–Crippen LogP) is 2.59. The zero-order chi connectivity index (χ0) is 19.4. The van der Waals surface area contributed by atoms with Crippen molar-refractivity contribution in [3.8, 4) is 0 Å². The predicted molar refractivity (Wildman–Crippen MR) is 106 cm³/mol. The normalized spacial score (nSPS) is 12.3. The van der Waals surface area contributed by atoms with Gasteiger partial charge in [0.25, 0.3) is 11.1 Å². The molecule has 1 atom stereocenters. The van der Waals surface area contributed by atoms with E-state index in [9.17, 15) is 14.4 Å². The first kappa shape index (κ1) is 18.6. The fraction of sp³-hybridized carbons (Fsp3) is 0.286. The summed E-state index contributed by atoms with van der Waals surface area (Å²) in [4.78, 5) is 37.1. The number of H-pyrrole nitrogens is 1. The summed E-state index contributed by atoms with van der Waals surface area (Å²) in [6.07, 6.45) is 0.101. The van der Waals surface area contributed by atoms with Gasteiger partial charge in [-0.2, -0.15) is 0 Å². The highest BCUT2D eigenvalue weighted by molar-refractivity contribution is 5.80. The van der Waals surface area contributed by atoms with Crippen LogP contribution in [-0.4, -0.2) is 15.7 Å². The van der Waals surface area contributed by atoms with E-state index in [-0.39, 0.29) is 42.0 Å². The van der Waals surface area contributed by atoms with Crippen molar-refractivity contribution < 1.29 is 4.79 Å². The van der Waals surface area contributed by atoms with Gasteiger partial charge in [-0.25, -0.2) is 4.68 Å². The van der Waals surface area contributed by atoms with Gasteiger partial charge in [-0.15, -0.1) is 0 Å². The molecule has 0 radical (unpaired) electrons. The third-order valence-electron chi connectivity index (χ3n) is 4.59. The first-order valence-electron chi connectivity index (χ1n) is 9.03. The van der Waals surface area contributed by atoms with Gasteiger partial charge in [0.2, 0.25) is 5.91 Å². The molecule has 27 heavy (non-hydrogen) atoms. The molecular formula is C21H23N3O3. The Bertz CT molecular complexity index is 1050. The van der Waals surface area contributed by atoms with Crippen LogP contribution in [0.1, 0.15) is 31.9 Å². The Labute approximate surface area is 156 Å². The van der Waals surface area contributed by atoms with Gasteiger partial charge < -0.3 is 5.32 Å². The Balaban J connectivity index is 1.74. The maximum Gasteiger partial charge on any atom is 0.273 e. The monoisotopic (exact) mass is 365 g/mol. The third-order valence-corrected chi connectivity index (χ3v) is 4.59. The Hall–Kier alpha value is -3.15. The molecule has 0 fully saturated rings. The van der Waals surface area contributed by atoms with Crippen molar-refractivity contribution in [2.45, 2.75) is 32.9 Å². The van der Waals surface area contributed by atoms with Crippen LogP contribution in [0.3, 0.4) is 0 Å². The first-order valence-corrected chi connectivity index (χ1v) is 9.03. The van der Waals surface area contributed by atoms with Gasteiger partial charge in [0.05, 0.1) is 23.4 Å². The summed E-state index contributed by atoms with van der Waals surface area (Å²) in [5, 5.41) is 6.28. The second-order valence-corrected chi connectivity index (χ2v) is 6.89. The van der Waals surface area contributed by atoms with Crippen molar-refractivity contribution in [2.75, 3.05) is 0 Å². The van der Waals surface area contributed by atoms with Crippen molar-refractivity contribution in [3.05, 3.63) is 80.9 Å². The van der Waals surface area contributed by atoms with E-state index in [0.29, 0.717) is 10.8 Å². The number of benzene rings is 2. The third kappa shape index (κ3) is 4.16. The van der Waals surface area contributed by atoms with Gasteiger partial charge >= 0.3 is 0 Å². The van der Waals surface area contributed by atoms with Gasteiger partial charge in [-0.1, -0.05) is 56.3 Å². The van der Waals surface area contributed by atoms with Crippen LogP contribution in [0.25, 0.3) is 10.8 Å². The number of amides is 1. The van der Waals surface area contributed by atoms with Crippen molar-refractivity contribution >= 4 is 16.7 Å². The Morgan fingerprint density at radius 3 is 2.30 bits per heavy atom. The molecule has 0 spiro atoms. The minimum absolute atomic E-state index is 0.101. The minimum Gasteiger partial charge on any atom is -0.349 e. The van der Waals surface area contributed by atoms with Crippen LogP contribution in [0, 0.1) is 5.92 Å². The minimum atomic E-state index is -0.338. The van der Waals surface area contributed by atoms with E-state index in [1.807, 2.05) is 44.2 Å². The number of rotatable bonds is 6. The molecule has 0 saturated carbocycles. The highest BCUT2D eigenvalue weighted by Gasteiger charge is 2.18. The Kier molecular flexibility index (Phi) is 5.54. The van der Waals surface area contributed by atoms with Crippen LogP contribution in [0.15, 0.2) is 64.2 Å². The number of hydrogen-bond acceptors (Lipinski definition) is 3. The lowest BCUT2D eigenvalue weighted by atomic mass is 9.96. The molecule has 6 nitrogen and oxygen atoms in total. The molecule has 3 aromatic rings. The van der Waals surface area contributed by atoms with Gasteiger partial charge in [-0.05, 0) is 23.6 Å². The molecule has 0 aliphatic heterocycles. The zero-order valence-electron chi connectivity index (χ0n) is 15.4. The fourth-order valence-corrected chi connectivity index (χ4v) is 3.16. The van der Waals surface area contributed by atoms with E-state index < -0.39 is 0 Å². The number of aromatic amines is 1. The molecule has 2 aromatic carbocycles. The van der Waals surface area contributed by atoms with Crippen molar-refractivity contribution in [1.82, 2.24) is 15.1 Å². The van der Waals surface area contributed by atoms with E-state index in [2.05, 4.69) is 10.4 Å². The maximum absolute atomic E-state index is 12.5. The molecule has 1 heterocycles. The number of aryl methyl sites for hydroxylation is 1. The van der Waals surface area contributed by atoms with Crippen LogP contribution in [-0.2, 0) is 11.3 Å². The highest BCUT2D eigenvalue weighted by Crippen LogP contribution is 2.21. The summed E-state index contributed by atoms with van der Waals surface area (Å²) in [7, 11) is 0. The second kappa shape index (κ2) is 8.03. The molecule has 2 N–H and O–H groups in total. The lowest BCUT2D eigenvalue weighted by Crippen LogP contribution is -2.35. The van der Waals surface area contributed by atoms with E-state index in [1.165, 1.54) is 4.68 Å². The molecule has 0 aliphatic carbocycles. The molecule has 1 unspecified atom stereocenters. The van der Waals surface area contributed by atoms with Crippen molar-refractivity contribution in [2.24, 2.45) is 5.92 Å². The molecule has 0 bridgehead atoms. The van der Waals surface area contributed by atoms with E-state index in [0.717, 1.165) is 5.56 Å². The lowest BCUT2D eigenvalue weighted by Gasteiger charge is -2.23. The molecule has 0 aliphatic rings. The van der Waals surface area contributed by atoms with E-state index >= 15 is 0 Å². The summed E-state index contributed by atoms with van der Waals surface area (Å²) in [5.41, 5.74) is 0.397. The number of nitrogens with zero attached hydrogens (tertiary/aromatic N) is 1. The fourth-order valence-electron chi connectivity index (χ4n) is 3.16. The van der Waals surface area contributed by atoms with Crippen LogP contribution in [0.4, 0.5) is 0 Å². The first-order chi connectivity index (χ1) is 13.0. The molecule has 1 aromatic heterocycles. The Morgan fingerprint density at radius 2 is 1.63 bits per heavy atom. The molecule has 6 heteroatoms. The summed E-state index contributed by atoms with van der Waals surface area (Å²) in [6, 6.07) is 16.3. The van der Waals surface area contributed by atoms with Crippen LogP contribution in [0.2, 0.25) is 0 Å². The SMILES string of the molecule is CC(C)C(NC(=O)CCn1[nH]c(=O)c2ccccc2c1=O)c1ccccc1. The van der Waals surface area contributed by atoms with E-state index in [4.69, 9.17) is 0 Å². The largest absolute Gasteiger partial charge is 0.349 e. The molecule has 1 amide bonds. The zero-order valence-corrected chi connectivity index (χ0v) is 15.4. The maximum atomic E-state index is 12.5. The lowest BCUT2D eigenvalue weighted by molar-refractivity contribution is -0.122. The number of aromatic nitrogens is 2. The van der Waals surface area contributed by atoms with Gasteiger partial charge in [-0.3, -0.25) is 19.5 Å². The summed E-state index contributed by atoms with van der Waals surface area (Å²) >= 11 is 0. The van der Waals surface area contributed by atoms with Crippen LogP contribution >= 0.6 is 0 Å². The van der Waals surface area contributed by atoms with E-state index in [1.54, 1.807) is 24.3 Å². The summed E-state index contributed by atoms with van der Waals surface area (Å²) in [5.74, 6) is 0.0537. The molecule has 140 valence electrons.